The number of carbonyl (C=O) groups is 2. The van der Waals surface area contributed by atoms with Gasteiger partial charge in [0.2, 0.25) is 0 Å². The van der Waals surface area contributed by atoms with Crippen molar-refractivity contribution in [3.8, 4) is 5.75 Å². The number of amides is 1. The molecular weight excluding hydrogens is 492 g/mol. The third kappa shape index (κ3) is 3.55. The van der Waals surface area contributed by atoms with Crippen LogP contribution in [-0.2, 0) is 19.6 Å². The van der Waals surface area contributed by atoms with Crippen LogP contribution in [0.5, 0.6) is 5.75 Å². The minimum atomic E-state index is -3.90. The molecular formula is C20H15BrN2O5S2. The van der Waals surface area contributed by atoms with Crippen LogP contribution in [0.1, 0.15) is 5.56 Å². The molecule has 2 heterocycles. The van der Waals surface area contributed by atoms with E-state index in [1.54, 1.807) is 19.2 Å². The van der Waals surface area contributed by atoms with Crippen molar-refractivity contribution in [3.63, 3.8) is 0 Å². The molecule has 2 aromatic carbocycles. The molecule has 2 aromatic rings. The minimum absolute atomic E-state index is 0.0318. The first-order valence-corrected chi connectivity index (χ1v) is 11.7. The number of ether oxygens (including phenoxy) is 1. The number of benzene rings is 2. The molecule has 0 atom stereocenters. The highest BCUT2D eigenvalue weighted by atomic mass is 79.9. The molecule has 1 amide bonds. The van der Waals surface area contributed by atoms with Crippen LogP contribution in [0.25, 0.3) is 5.57 Å². The summed E-state index contributed by atoms with van der Waals surface area (Å²) in [4.78, 5) is 27.1. The second-order valence-corrected chi connectivity index (χ2v) is 10.1. The van der Waals surface area contributed by atoms with Crippen LogP contribution >= 0.6 is 27.7 Å². The SMILES string of the molecule is COc1ccc(S(=O)(=O)NC2=CC(=O)/C(=C3/C(=O)N(C)c4ccc(Br)cc43)S2)cc1. The molecule has 10 heteroatoms. The lowest BCUT2D eigenvalue weighted by Gasteiger charge is -2.09. The number of sulfonamides is 1. The van der Waals surface area contributed by atoms with Gasteiger partial charge in [-0.1, -0.05) is 27.7 Å². The predicted octanol–water partition coefficient (Wildman–Crippen LogP) is 3.28. The summed E-state index contributed by atoms with van der Waals surface area (Å²) in [5.74, 6) is -0.206. The van der Waals surface area contributed by atoms with Gasteiger partial charge in [0.15, 0.2) is 5.78 Å². The molecule has 154 valence electrons. The van der Waals surface area contributed by atoms with Gasteiger partial charge >= 0.3 is 0 Å². The number of ketones is 1. The first-order chi connectivity index (χ1) is 14.2. The van der Waals surface area contributed by atoms with Crippen molar-refractivity contribution >= 4 is 60.7 Å². The van der Waals surface area contributed by atoms with E-state index in [1.165, 1.54) is 42.4 Å². The van der Waals surface area contributed by atoms with Gasteiger partial charge in [-0.25, -0.2) is 8.42 Å². The van der Waals surface area contributed by atoms with E-state index in [-0.39, 0.29) is 26.3 Å². The average Bonchev–Trinajstić information content (AvgIpc) is 3.17. The van der Waals surface area contributed by atoms with Crippen molar-refractivity contribution in [1.29, 1.82) is 0 Å². The van der Waals surface area contributed by atoms with Gasteiger partial charge in [-0.3, -0.25) is 14.3 Å². The van der Waals surface area contributed by atoms with Crippen LogP contribution in [0.15, 0.2) is 67.8 Å². The highest BCUT2D eigenvalue weighted by Crippen LogP contribution is 2.45. The number of carbonyl (C=O) groups excluding carboxylic acids is 2. The quantitative estimate of drug-likeness (QED) is 0.639. The number of thioether (sulfide) groups is 1. The van der Waals surface area contributed by atoms with E-state index >= 15 is 0 Å². The van der Waals surface area contributed by atoms with E-state index < -0.39 is 15.8 Å². The highest BCUT2D eigenvalue weighted by molar-refractivity contribution is 9.10. The number of fused-ring (bicyclic) bond motifs is 1. The number of nitrogens with one attached hydrogen (secondary N) is 1. The van der Waals surface area contributed by atoms with Gasteiger partial charge in [0.1, 0.15) is 5.75 Å². The van der Waals surface area contributed by atoms with E-state index in [4.69, 9.17) is 4.74 Å². The smallest absolute Gasteiger partial charge is 0.262 e. The Morgan fingerprint density at radius 2 is 1.80 bits per heavy atom. The number of anilines is 1. The van der Waals surface area contributed by atoms with Crippen molar-refractivity contribution < 1.29 is 22.7 Å². The number of hydrogen-bond acceptors (Lipinski definition) is 6. The van der Waals surface area contributed by atoms with Gasteiger partial charge in [0.05, 0.1) is 33.2 Å². The standard InChI is InChI=1S/C20H15BrN2O5S2/c1-23-15-8-3-11(21)9-14(15)18(20(23)25)19-16(24)10-17(29-19)22-30(26,27)13-6-4-12(28-2)5-7-13/h3-10,22H,1-2H3/b19-18-. The summed E-state index contributed by atoms with van der Waals surface area (Å²) < 4.78 is 33.6. The summed E-state index contributed by atoms with van der Waals surface area (Å²) in [7, 11) is -0.784. The van der Waals surface area contributed by atoms with Crippen LogP contribution < -0.4 is 14.4 Å². The molecule has 0 aromatic heterocycles. The summed E-state index contributed by atoms with van der Waals surface area (Å²) in [6, 6.07) is 11.3. The van der Waals surface area contributed by atoms with Gasteiger partial charge in [0.25, 0.3) is 15.9 Å². The highest BCUT2D eigenvalue weighted by Gasteiger charge is 2.37. The molecule has 1 N–H and O–H groups in total. The van der Waals surface area contributed by atoms with E-state index in [9.17, 15) is 18.0 Å². The molecule has 0 fully saturated rings. The molecule has 0 saturated carbocycles. The van der Waals surface area contributed by atoms with Gasteiger partial charge in [-0.15, -0.1) is 0 Å². The predicted molar refractivity (Wildman–Crippen MR) is 118 cm³/mol. The molecule has 0 bridgehead atoms. The molecule has 4 rings (SSSR count). The van der Waals surface area contributed by atoms with Crippen LogP contribution in [0.4, 0.5) is 5.69 Å². The number of nitrogens with zero attached hydrogens (tertiary/aromatic N) is 1. The third-order valence-electron chi connectivity index (χ3n) is 4.64. The maximum absolute atomic E-state index is 12.8. The molecule has 0 unspecified atom stereocenters. The summed E-state index contributed by atoms with van der Waals surface area (Å²) in [6.45, 7) is 0. The van der Waals surface area contributed by atoms with Gasteiger partial charge < -0.3 is 9.64 Å². The van der Waals surface area contributed by atoms with Crippen molar-refractivity contribution in [2.75, 3.05) is 19.1 Å². The van der Waals surface area contributed by atoms with Crippen molar-refractivity contribution in [2.24, 2.45) is 0 Å². The summed E-state index contributed by atoms with van der Waals surface area (Å²) in [5.41, 5.74) is 1.57. The van der Waals surface area contributed by atoms with Crippen LogP contribution in [0.3, 0.4) is 0 Å². The zero-order chi connectivity index (χ0) is 21.6. The van der Waals surface area contributed by atoms with E-state index in [2.05, 4.69) is 20.7 Å². The lowest BCUT2D eigenvalue weighted by molar-refractivity contribution is -0.113. The Kier molecular flexibility index (Phi) is 5.25. The van der Waals surface area contributed by atoms with E-state index in [1.807, 2.05) is 6.07 Å². The summed E-state index contributed by atoms with van der Waals surface area (Å²) in [6.07, 6.45) is 1.19. The zero-order valence-corrected chi connectivity index (χ0v) is 19.0. The van der Waals surface area contributed by atoms with Crippen LogP contribution in [-0.4, -0.2) is 34.3 Å². The molecule has 7 nitrogen and oxygen atoms in total. The Morgan fingerprint density at radius 1 is 1.10 bits per heavy atom. The van der Waals surface area contributed by atoms with Crippen molar-refractivity contribution in [2.45, 2.75) is 4.90 Å². The molecule has 2 aliphatic heterocycles. The Hall–Kier alpha value is -2.56. The lowest BCUT2D eigenvalue weighted by Crippen LogP contribution is -2.21. The maximum atomic E-state index is 12.8. The van der Waals surface area contributed by atoms with E-state index in [0.29, 0.717) is 17.0 Å². The summed E-state index contributed by atoms with van der Waals surface area (Å²) in [5, 5.41) is 0.136. The Morgan fingerprint density at radius 3 is 2.47 bits per heavy atom. The minimum Gasteiger partial charge on any atom is -0.497 e. The number of allylic oxidation sites excluding steroid dienone is 2. The normalized spacial score (nSPS) is 18.5. The van der Waals surface area contributed by atoms with Gasteiger partial charge in [0, 0.05) is 23.2 Å². The maximum Gasteiger partial charge on any atom is 0.262 e. The average molecular weight is 507 g/mol. The molecule has 2 aliphatic rings. The van der Waals surface area contributed by atoms with Crippen LogP contribution in [0.2, 0.25) is 0 Å². The Labute approximate surface area is 186 Å². The number of rotatable bonds is 4. The fourth-order valence-corrected chi connectivity index (χ4v) is 5.80. The molecule has 0 aliphatic carbocycles. The fraction of sp³-hybridized carbons (Fsp3) is 0.100. The number of halogens is 1. The topological polar surface area (TPSA) is 92.8 Å². The van der Waals surface area contributed by atoms with Gasteiger partial charge in [-0.2, -0.15) is 0 Å². The first kappa shape index (κ1) is 20.7. The zero-order valence-electron chi connectivity index (χ0n) is 15.8. The number of methoxy groups -OCH3 is 1. The number of likely N-dealkylation sites (N-methyl/N-ethyl adjacent to an activating group) is 1. The Bertz CT molecular complexity index is 1250. The summed E-state index contributed by atoms with van der Waals surface area (Å²) >= 11 is 4.32. The fourth-order valence-electron chi connectivity index (χ4n) is 3.16. The van der Waals surface area contributed by atoms with Crippen LogP contribution in [0, 0.1) is 0 Å². The largest absolute Gasteiger partial charge is 0.497 e. The third-order valence-corrected chi connectivity index (χ3v) is 7.69. The molecule has 30 heavy (non-hydrogen) atoms. The Balaban J connectivity index is 1.65. The first-order valence-electron chi connectivity index (χ1n) is 8.64. The second-order valence-electron chi connectivity index (χ2n) is 6.49. The van der Waals surface area contributed by atoms with E-state index in [0.717, 1.165) is 16.2 Å². The second kappa shape index (κ2) is 7.60. The van der Waals surface area contributed by atoms with Gasteiger partial charge in [-0.05, 0) is 42.5 Å². The molecule has 0 spiro atoms. The molecule has 0 saturated heterocycles. The molecule has 0 radical (unpaired) electrons. The van der Waals surface area contributed by atoms with Crippen molar-refractivity contribution in [3.05, 3.63) is 68.5 Å². The lowest BCUT2D eigenvalue weighted by atomic mass is 10.1. The van der Waals surface area contributed by atoms with Crippen molar-refractivity contribution in [1.82, 2.24) is 4.72 Å². The monoisotopic (exact) mass is 506 g/mol. The number of hydrogen-bond donors (Lipinski definition) is 1.